The molecule has 0 amide bonds. The van der Waals surface area contributed by atoms with Gasteiger partial charge in [-0.15, -0.1) is 11.3 Å². The van der Waals surface area contributed by atoms with Crippen molar-refractivity contribution in [2.24, 2.45) is 0 Å². The lowest BCUT2D eigenvalue weighted by molar-refractivity contribution is 0.479. The zero-order chi connectivity index (χ0) is 14.2. The van der Waals surface area contributed by atoms with Crippen molar-refractivity contribution in [2.45, 2.75) is 38.6 Å². The van der Waals surface area contributed by atoms with Crippen molar-refractivity contribution in [2.75, 3.05) is 6.54 Å². The summed E-state index contributed by atoms with van der Waals surface area (Å²) in [5.74, 6) is 0. The zero-order valence-electron chi connectivity index (χ0n) is 11.9. The third-order valence-electron chi connectivity index (χ3n) is 3.43. The molecule has 1 heterocycles. The molecule has 1 atom stereocenters. The number of nitrogens with one attached hydrogen (secondary N) is 1. The molecule has 108 valence electrons. The molecule has 1 N–H and O–H groups in total. The van der Waals surface area contributed by atoms with Crippen LogP contribution >= 0.6 is 22.9 Å². The number of aryl methyl sites for hydroxylation is 1. The molecule has 2 aromatic rings. The van der Waals surface area contributed by atoms with Crippen LogP contribution in [-0.2, 0) is 12.8 Å². The third kappa shape index (κ3) is 4.93. The molecule has 0 saturated heterocycles. The molecule has 0 fully saturated rings. The molecule has 0 saturated carbocycles. The van der Waals surface area contributed by atoms with Crippen LogP contribution in [0.5, 0.6) is 0 Å². The van der Waals surface area contributed by atoms with Crippen molar-refractivity contribution >= 4 is 22.9 Å². The van der Waals surface area contributed by atoms with Crippen LogP contribution in [0.15, 0.2) is 41.8 Å². The molecule has 0 radical (unpaired) electrons. The number of hydrogen-bond acceptors (Lipinski definition) is 2. The highest BCUT2D eigenvalue weighted by Gasteiger charge is 2.11. The normalized spacial score (nSPS) is 12.5. The second-order valence-electron chi connectivity index (χ2n) is 5.06. The van der Waals surface area contributed by atoms with Crippen LogP contribution in [0.3, 0.4) is 0 Å². The summed E-state index contributed by atoms with van der Waals surface area (Å²) < 4.78 is 0. The minimum atomic E-state index is 0.497. The lowest BCUT2D eigenvalue weighted by atomic mass is 10.0. The van der Waals surface area contributed by atoms with Gasteiger partial charge in [-0.3, -0.25) is 0 Å². The highest BCUT2D eigenvalue weighted by Crippen LogP contribution is 2.19. The minimum Gasteiger partial charge on any atom is -0.314 e. The van der Waals surface area contributed by atoms with E-state index < -0.39 is 0 Å². The Balaban J connectivity index is 1.94. The average Bonchev–Trinajstić information content (AvgIpc) is 2.97. The summed E-state index contributed by atoms with van der Waals surface area (Å²) in [6.07, 6.45) is 4.47. The largest absolute Gasteiger partial charge is 0.314 e. The summed E-state index contributed by atoms with van der Waals surface area (Å²) in [6.45, 7) is 3.28. The van der Waals surface area contributed by atoms with Gasteiger partial charge in [-0.05, 0) is 55.3 Å². The van der Waals surface area contributed by atoms with Gasteiger partial charge in [0.2, 0.25) is 0 Å². The third-order valence-corrected chi connectivity index (χ3v) is 4.73. The molecule has 0 aliphatic rings. The quantitative estimate of drug-likeness (QED) is 0.728. The van der Waals surface area contributed by atoms with Crippen LogP contribution in [-0.4, -0.2) is 12.6 Å². The average molecular weight is 308 g/mol. The smallest absolute Gasteiger partial charge is 0.0438 e. The van der Waals surface area contributed by atoms with Gasteiger partial charge in [-0.1, -0.05) is 42.8 Å². The van der Waals surface area contributed by atoms with Gasteiger partial charge in [0.15, 0.2) is 0 Å². The summed E-state index contributed by atoms with van der Waals surface area (Å²) in [6, 6.07) is 13.0. The van der Waals surface area contributed by atoms with Gasteiger partial charge >= 0.3 is 0 Å². The highest BCUT2D eigenvalue weighted by molar-refractivity contribution is 7.09. The Labute approximate surface area is 131 Å². The Kier molecular flexibility index (Phi) is 6.58. The van der Waals surface area contributed by atoms with Gasteiger partial charge in [-0.25, -0.2) is 0 Å². The van der Waals surface area contributed by atoms with E-state index in [4.69, 9.17) is 11.6 Å². The van der Waals surface area contributed by atoms with E-state index in [0.717, 1.165) is 37.3 Å². The zero-order valence-corrected chi connectivity index (χ0v) is 13.5. The number of benzene rings is 1. The summed E-state index contributed by atoms with van der Waals surface area (Å²) in [7, 11) is 0. The molecule has 3 heteroatoms. The van der Waals surface area contributed by atoms with Crippen LogP contribution in [0.25, 0.3) is 0 Å². The van der Waals surface area contributed by atoms with Gasteiger partial charge in [0.25, 0.3) is 0 Å². The van der Waals surface area contributed by atoms with Crippen molar-refractivity contribution in [3.05, 3.63) is 57.2 Å². The first kappa shape index (κ1) is 15.6. The molecule has 0 bridgehead atoms. The standard InChI is InChI=1S/C17H22ClNS/c1-2-11-19-15(9-10-16-7-5-12-20-16)13-14-6-3-4-8-17(14)18/h3-8,12,15,19H,2,9-11,13H2,1H3. The topological polar surface area (TPSA) is 12.0 Å². The predicted octanol–water partition coefficient (Wildman–Crippen LogP) is 4.95. The van der Waals surface area contributed by atoms with Crippen molar-refractivity contribution in [3.63, 3.8) is 0 Å². The number of halogens is 1. The fraction of sp³-hybridized carbons (Fsp3) is 0.412. The second kappa shape index (κ2) is 8.46. The molecule has 1 unspecified atom stereocenters. The van der Waals surface area contributed by atoms with E-state index in [-0.39, 0.29) is 0 Å². The summed E-state index contributed by atoms with van der Waals surface area (Å²) >= 11 is 8.12. The van der Waals surface area contributed by atoms with Gasteiger partial charge in [-0.2, -0.15) is 0 Å². The van der Waals surface area contributed by atoms with E-state index in [1.165, 1.54) is 10.4 Å². The maximum absolute atomic E-state index is 6.28. The maximum Gasteiger partial charge on any atom is 0.0438 e. The van der Waals surface area contributed by atoms with Gasteiger partial charge in [0.1, 0.15) is 0 Å². The van der Waals surface area contributed by atoms with E-state index in [9.17, 15) is 0 Å². The number of rotatable bonds is 8. The first-order chi connectivity index (χ1) is 9.79. The minimum absolute atomic E-state index is 0.497. The summed E-state index contributed by atoms with van der Waals surface area (Å²) in [4.78, 5) is 1.47. The van der Waals surface area contributed by atoms with Crippen molar-refractivity contribution in [1.82, 2.24) is 5.32 Å². The van der Waals surface area contributed by atoms with Crippen molar-refractivity contribution < 1.29 is 0 Å². The first-order valence-corrected chi connectivity index (χ1v) is 8.54. The summed E-state index contributed by atoms with van der Waals surface area (Å²) in [5, 5.41) is 6.69. The Morgan fingerprint density at radius 2 is 2.05 bits per heavy atom. The Bertz CT molecular complexity index is 495. The van der Waals surface area contributed by atoms with Gasteiger partial charge < -0.3 is 5.32 Å². The van der Waals surface area contributed by atoms with Crippen LogP contribution in [0.2, 0.25) is 5.02 Å². The molecule has 0 spiro atoms. The Morgan fingerprint density at radius 1 is 1.20 bits per heavy atom. The lowest BCUT2D eigenvalue weighted by Gasteiger charge is -2.19. The van der Waals surface area contributed by atoms with Crippen molar-refractivity contribution in [1.29, 1.82) is 0 Å². The van der Waals surface area contributed by atoms with E-state index in [2.05, 4.69) is 41.9 Å². The molecule has 0 aliphatic carbocycles. The molecule has 1 aromatic carbocycles. The lowest BCUT2D eigenvalue weighted by Crippen LogP contribution is -2.32. The molecule has 1 nitrogen and oxygen atoms in total. The second-order valence-corrected chi connectivity index (χ2v) is 6.50. The predicted molar refractivity (Wildman–Crippen MR) is 89.9 cm³/mol. The number of hydrogen-bond donors (Lipinski definition) is 1. The van der Waals surface area contributed by atoms with E-state index >= 15 is 0 Å². The maximum atomic E-state index is 6.28. The fourth-order valence-corrected chi connectivity index (χ4v) is 3.26. The van der Waals surface area contributed by atoms with Gasteiger partial charge in [0.05, 0.1) is 0 Å². The first-order valence-electron chi connectivity index (χ1n) is 7.28. The molecule has 1 aromatic heterocycles. The molecule has 2 rings (SSSR count). The van der Waals surface area contributed by atoms with E-state index in [1.54, 1.807) is 0 Å². The van der Waals surface area contributed by atoms with Crippen LogP contribution in [0, 0.1) is 0 Å². The van der Waals surface area contributed by atoms with Gasteiger partial charge in [0, 0.05) is 15.9 Å². The SMILES string of the molecule is CCCNC(CCc1cccs1)Cc1ccccc1Cl. The van der Waals surface area contributed by atoms with Crippen LogP contribution in [0.4, 0.5) is 0 Å². The fourth-order valence-electron chi connectivity index (χ4n) is 2.33. The number of thiophene rings is 1. The van der Waals surface area contributed by atoms with E-state index in [0.29, 0.717) is 6.04 Å². The Hall–Kier alpha value is -0.830. The van der Waals surface area contributed by atoms with Crippen LogP contribution in [0.1, 0.15) is 30.2 Å². The van der Waals surface area contributed by atoms with Crippen LogP contribution < -0.4 is 5.32 Å². The van der Waals surface area contributed by atoms with Crippen molar-refractivity contribution in [3.8, 4) is 0 Å². The molecule has 0 aliphatic heterocycles. The Morgan fingerprint density at radius 3 is 2.75 bits per heavy atom. The van der Waals surface area contributed by atoms with E-state index in [1.807, 2.05) is 23.5 Å². The molecule has 20 heavy (non-hydrogen) atoms. The summed E-state index contributed by atoms with van der Waals surface area (Å²) in [5.41, 5.74) is 1.24. The molecular formula is C17H22ClNS. The highest BCUT2D eigenvalue weighted by atomic mass is 35.5. The monoisotopic (exact) mass is 307 g/mol. The molecular weight excluding hydrogens is 286 g/mol.